The van der Waals surface area contributed by atoms with Crippen molar-refractivity contribution >= 4 is 11.9 Å². The monoisotopic (exact) mass is 416 g/mol. The number of ether oxygens (including phenoxy) is 1. The van der Waals surface area contributed by atoms with Gasteiger partial charge in [0.05, 0.1) is 6.10 Å². The molecule has 0 bridgehead atoms. The van der Waals surface area contributed by atoms with E-state index in [0.717, 1.165) is 39.1 Å². The maximum Gasteiger partial charge on any atom is 0.490 e. The number of hydrogen-bond donors (Lipinski definition) is 2. The molecule has 1 aromatic carbocycles. The fourth-order valence-corrected chi connectivity index (χ4v) is 3.79. The molecular weight excluding hydrogens is 389 g/mol. The van der Waals surface area contributed by atoms with Crippen molar-refractivity contribution in [1.82, 2.24) is 10.2 Å². The summed E-state index contributed by atoms with van der Waals surface area (Å²) in [5, 5.41) is 9.95. The van der Waals surface area contributed by atoms with Crippen LogP contribution in [-0.4, -0.2) is 60.9 Å². The number of aryl methyl sites for hydroxylation is 1. The molecule has 0 unspecified atom stereocenters. The van der Waals surface area contributed by atoms with Crippen LogP contribution in [0.15, 0.2) is 24.3 Å². The third kappa shape index (κ3) is 6.71. The van der Waals surface area contributed by atoms with Crippen molar-refractivity contribution in [3.05, 3.63) is 35.4 Å². The van der Waals surface area contributed by atoms with E-state index in [2.05, 4.69) is 41.4 Å². The van der Waals surface area contributed by atoms with Gasteiger partial charge >= 0.3 is 12.1 Å². The van der Waals surface area contributed by atoms with Gasteiger partial charge < -0.3 is 15.2 Å². The first-order valence-electron chi connectivity index (χ1n) is 9.53. The van der Waals surface area contributed by atoms with E-state index in [1.807, 2.05) is 0 Å². The van der Waals surface area contributed by atoms with E-state index in [-0.39, 0.29) is 17.9 Å². The van der Waals surface area contributed by atoms with Crippen LogP contribution in [-0.2, 0) is 20.9 Å². The topological polar surface area (TPSA) is 78.9 Å². The molecule has 162 valence electrons. The molecular formula is C20H27F3N2O4. The quantitative estimate of drug-likeness (QED) is 0.792. The van der Waals surface area contributed by atoms with Crippen LogP contribution >= 0.6 is 0 Å². The van der Waals surface area contributed by atoms with Gasteiger partial charge in [0.1, 0.15) is 0 Å². The summed E-state index contributed by atoms with van der Waals surface area (Å²) < 4.78 is 37.7. The van der Waals surface area contributed by atoms with E-state index in [1.165, 1.54) is 11.1 Å². The largest absolute Gasteiger partial charge is 0.490 e. The summed E-state index contributed by atoms with van der Waals surface area (Å²) in [5.74, 6) is -2.15. The molecule has 1 aromatic rings. The van der Waals surface area contributed by atoms with Gasteiger partial charge in [-0.3, -0.25) is 9.69 Å². The normalized spacial score (nSPS) is 24.7. The number of carboxylic acid groups (broad SMARTS) is 1. The van der Waals surface area contributed by atoms with Crippen molar-refractivity contribution in [2.24, 2.45) is 11.8 Å². The van der Waals surface area contributed by atoms with Crippen LogP contribution in [0.3, 0.4) is 0 Å². The van der Waals surface area contributed by atoms with Crippen molar-refractivity contribution in [2.75, 3.05) is 26.7 Å². The molecule has 3 atom stereocenters. The summed E-state index contributed by atoms with van der Waals surface area (Å²) >= 11 is 0. The van der Waals surface area contributed by atoms with Crippen molar-refractivity contribution in [2.45, 2.75) is 38.6 Å². The molecule has 9 heteroatoms. The summed E-state index contributed by atoms with van der Waals surface area (Å²) in [6, 6.07) is 8.74. The first-order chi connectivity index (χ1) is 13.6. The molecule has 0 saturated carbocycles. The standard InChI is InChI=1S/C18H26N2O2.C2HF3O2/c1-13-3-5-14(6-4-13)11-20-9-7-17-16(12-20)15(8-10-22-17)18(21)19-2;3-2(4,5)1(6)7/h3-6,15-17H,7-12H2,1-2H3,(H,19,21);(H,6,7)/t15-,16+,17-;/m1./s1. The second kappa shape index (κ2) is 10.1. The summed E-state index contributed by atoms with van der Waals surface area (Å²) in [7, 11) is 1.74. The highest BCUT2D eigenvalue weighted by Crippen LogP contribution is 2.33. The number of likely N-dealkylation sites (tertiary alicyclic amines) is 1. The number of carbonyl (C=O) groups is 2. The number of fused-ring (bicyclic) bond motifs is 1. The molecule has 0 aliphatic carbocycles. The molecule has 2 N–H and O–H groups in total. The average Bonchev–Trinajstić information content (AvgIpc) is 2.68. The van der Waals surface area contributed by atoms with Crippen LogP contribution in [0.2, 0.25) is 0 Å². The zero-order chi connectivity index (χ0) is 21.6. The number of carbonyl (C=O) groups excluding carboxylic acids is 1. The van der Waals surface area contributed by atoms with Crippen LogP contribution in [0.25, 0.3) is 0 Å². The summed E-state index contributed by atoms with van der Waals surface area (Å²) in [5.41, 5.74) is 2.64. The molecule has 6 nitrogen and oxygen atoms in total. The number of hydrogen-bond acceptors (Lipinski definition) is 4. The fourth-order valence-electron chi connectivity index (χ4n) is 3.79. The lowest BCUT2D eigenvalue weighted by Gasteiger charge is -2.44. The Morgan fingerprint density at radius 2 is 1.86 bits per heavy atom. The summed E-state index contributed by atoms with van der Waals surface area (Å²) in [6.45, 7) is 5.80. The van der Waals surface area contributed by atoms with Crippen LogP contribution in [0, 0.1) is 18.8 Å². The lowest BCUT2D eigenvalue weighted by Crippen LogP contribution is -2.52. The maximum absolute atomic E-state index is 12.1. The predicted molar refractivity (Wildman–Crippen MR) is 100 cm³/mol. The Morgan fingerprint density at radius 3 is 2.41 bits per heavy atom. The van der Waals surface area contributed by atoms with Gasteiger partial charge in [-0.25, -0.2) is 4.79 Å². The number of halogens is 3. The average molecular weight is 416 g/mol. The number of carboxylic acids is 1. The SMILES string of the molecule is CNC(=O)[C@@H]1CCO[C@@H]2CCN(Cc3ccc(C)cc3)C[C@H]21.O=C(O)C(F)(F)F. The Bertz CT molecular complexity index is 694. The molecule has 0 aromatic heterocycles. The Hall–Kier alpha value is -2.13. The Balaban J connectivity index is 0.000000370. The maximum atomic E-state index is 12.1. The van der Waals surface area contributed by atoms with E-state index >= 15 is 0 Å². The molecule has 29 heavy (non-hydrogen) atoms. The minimum Gasteiger partial charge on any atom is -0.475 e. The smallest absolute Gasteiger partial charge is 0.475 e. The lowest BCUT2D eigenvalue weighted by molar-refractivity contribution is -0.192. The zero-order valence-corrected chi connectivity index (χ0v) is 16.5. The second-order valence-electron chi connectivity index (χ2n) is 7.39. The highest BCUT2D eigenvalue weighted by atomic mass is 19.4. The molecule has 3 rings (SSSR count). The number of rotatable bonds is 3. The number of nitrogens with zero attached hydrogens (tertiary/aromatic N) is 1. The molecule has 0 radical (unpaired) electrons. The molecule has 2 aliphatic heterocycles. The van der Waals surface area contributed by atoms with Crippen LogP contribution < -0.4 is 5.32 Å². The minimum atomic E-state index is -5.08. The molecule has 2 fully saturated rings. The minimum absolute atomic E-state index is 0.101. The third-order valence-corrected chi connectivity index (χ3v) is 5.31. The third-order valence-electron chi connectivity index (χ3n) is 5.31. The van der Waals surface area contributed by atoms with E-state index in [9.17, 15) is 18.0 Å². The van der Waals surface area contributed by atoms with Crippen LogP contribution in [0.1, 0.15) is 24.0 Å². The van der Waals surface area contributed by atoms with Gasteiger partial charge in [0.15, 0.2) is 0 Å². The van der Waals surface area contributed by atoms with Crippen molar-refractivity contribution in [3.8, 4) is 0 Å². The van der Waals surface area contributed by atoms with Gasteiger partial charge in [-0.1, -0.05) is 29.8 Å². The van der Waals surface area contributed by atoms with Gasteiger partial charge in [-0.15, -0.1) is 0 Å². The van der Waals surface area contributed by atoms with Crippen molar-refractivity contribution < 1.29 is 32.6 Å². The van der Waals surface area contributed by atoms with E-state index in [0.29, 0.717) is 5.92 Å². The number of benzene rings is 1. The first-order valence-corrected chi connectivity index (χ1v) is 9.53. The fraction of sp³-hybridized carbons (Fsp3) is 0.600. The summed E-state index contributed by atoms with van der Waals surface area (Å²) in [6.07, 6.45) is -2.95. The number of aliphatic carboxylic acids is 1. The molecule has 0 spiro atoms. The van der Waals surface area contributed by atoms with Crippen LogP contribution in [0.4, 0.5) is 13.2 Å². The van der Waals surface area contributed by atoms with Gasteiger partial charge in [0.25, 0.3) is 0 Å². The molecule has 2 heterocycles. The van der Waals surface area contributed by atoms with Crippen molar-refractivity contribution in [1.29, 1.82) is 0 Å². The van der Waals surface area contributed by atoms with Gasteiger partial charge in [0.2, 0.25) is 5.91 Å². The molecule has 2 aliphatic rings. The Morgan fingerprint density at radius 1 is 1.24 bits per heavy atom. The summed E-state index contributed by atoms with van der Waals surface area (Å²) in [4.78, 5) is 23.5. The Kier molecular flexibility index (Phi) is 8.04. The van der Waals surface area contributed by atoms with Crippen molar-refractivity contribution in [3.63, 3.8) is 0 Å². The molecule has 2 saturated heterocycles. The zero-order valence-electron chi connectivity index (χ0n) is 16.5. The van der Waals surface area contributed by atoms with Gasteiger partial charge in [0, 0.05) is 45.1 Å². The highest BCUT2D eigenvalue weighted by Gasteiger charge is 2.41. The number of piperidine rings is 1. The van der Waals surface area contributed by atoms with E-state index < -0.39 is 12.1 Å². The highest BCUT2D eigenvalue weighted by molar-refractivity contribution is 5.78. The lowest BCUT2D eigenvalue weighted by atomic mass is 9.79. The first kappa shape index (κ1) is 23.2. The van der Waals surface area contributed by atoms with E-state index in [1.54, 1.807) is 7.05 Å². The Labute approximate surface area is 168 Å². The molecule has 1 amide bonds. The van der Waals surface area contributed by atoms with E-state index in [4.69, 9.17) is 14.6 Å². The predicted octanol–water partition coefficient (Wildman–Crippen LogP) is 2.60. The van der Waals surface area contributed by atoms with Gasteiger partial charge in [-0.05, 0) is 25.3 Å². The van der Waals surface area contributed by atoms with Crippen LogP contribution in [0.5, 0.6) is 0 Å². The second-order valence-corrected chi connectivity index (χ2v) is 7.39. The number of nitrogens with one attached hydrogen (secondary N) is 1. The van der Waals surface area contributed by atoms with Gasteiger partial charge in [-0.2, -0.15) is 13.2 Å². The number of amides is 1. The number of alkyl halides is 3.